The van der Waals surface area contributed by atoms with Crippen LogP contribution in [0.5, 0.6) is 11.5 Å². The maximum absolute atomic E-state index is 13.0. The van der Waals surface area contributed by atoms with Gasteiger partial charge in [0.1, 0.15) is 13.2 Å². The summed E-state index contributed by atoms with van der Waals surface area (Å²) in [6.07, 6.45) is 1.61. The standard InChI is InChI=1S/C20H20N2O5S/c1-12-16-11-15(9-13-3-2-6-22(19(13)16)20(12)23)28(24,25)21-14-4-5-17-18(10-14)27-8-7-26-17/h4-5,9-12,21H,2-3,6-8H2,1H3/t12-/m1/s1. The van der Waals surface area contributed by atoms with Gasteiger partial charge in [0, 0.05) is 12.6 Å². The van der Waals surface area contributed by atoms with Crippen LogP contribution in [0.2, 0.25) is 0 Å². The molecule has 8 heteroatoms. The van der Waals surface area contributed by atoms with Crippen LogP contribution >= 0.6 is 0 Å². The van der Waals surface area contributed by atoms with E-state index >= 15 is 0 Å². The zero-order chi connectivity index (χ0) is 19.5. The number of rotatable bonds is 3. The van der Waals surface area contributed by atoms with E-state index < -0.39 is 10.0 Å². The Hall–Kier alpha value is -2.74. The molecule has 0 saturated carbocycles. The van der Waals surface area contributed by atoms with Crippen molar-refractivity contribution in [1.82, 2.24) is 0 Å². The Balaban J connectivity index is 1.52. The van der Waals surface area contributed by atoms with Crippen LogP contribution in [0.1, 0.15) is 30.4 Å². The first-order chi connectivity index (χ1) is 13.4. The van der Waals surface area contributed by atoms with Gasteiger partial charge >= 0.3 is 0 Å². The number of ether oxygens (including phenoxy) is 2. The number of fused-ring (bicyclic) bond motifs is 1. The highest BCUT2D eigenvalue weighted by Crippen LogP contribution is 2.44. The molecule has 146 valence electrons. The predicted molar refractivity (Wildman–Crippen MR) is 104 cm³/mol. The Bertz CT molecular complexity index is 1100. The van der Waals surface area contributed by atoms with Gasteiger partial charge in [0.05, 0.1) is 22.2 Å². The van der Waals surface area contributed by atoms with Crippen molar-refractivity contribution in [2.45, 2.75) is 30.6 Å². The van der Waals surface area contributed by atoms with Crippen molar-refractivity contribution in [2.24, 2.45) is 0 Å². The summed E-state index contributed by atoms with van der Waals surface area (Å²) in [5.74, 6) is 0.843. The molecule has 2 aromatic carbocycles. The molecular formula is C20H20N2O5S. The molecule has 1 atom stereocenters. The van der Waals surface area contributed by atoms with Gasteiger partial charge in [-0.3, -0.25) is 9.52 Å². The summed E-state index contributed by atoms with van der Waals surface area (Å²) in [6.45, 7) is 3.44. The molecule has 3 heterocycles. The zero-order valence-electron chi connectivity index (χ0n) is 15.4. The Morgan fingerprint density at radius 1 is 1.11 bits per heavy atom. The third-order valence-corrected chi connectivity index (χ3v) is 6.86. The minimum atomic E-state index is -3.80. The van der Waals surface area contributed by atoms with Crippen molar-refractivity contribution in [3.05, 3.63) is 41.5 Å². The molecule has 0 aliphatic carbocycles. The summed E-state index contributed by atoms with van der Waals surface area (Å²) < 4.78 is 39.7. The van der Waals surface area contributed by atoms with Crippen molar-refractivity contribution in [3.63, 3.8) is 0 Å². The fourth-order valence-corrected chi connectivity index (χ4v) is 5.28. The van der Waals surface area contributed by atoms with E-state index in [1.54, 1.807) is 35.2 Å². The van der Waals surface area contributed by atoms with Gasteiger partial charge in [-0.05, 0) is 55.2 Å². The second-order valence-corrected chi connectivity index (χ2v) is 8.98. The number of carbonyl (C=O) groups excluding carboxylic acids is 1. The number of hydrogen-bond donors (Lipinski definition) is 1. The fourth-order valence-electron chi connectivity index (χ4n) is 4.14. The number of nitrogens with one attached hydrogen (secondary N) is 1. The van der Waals surface area contributed by atoms with Gasteiger partial charge in [-0.2, -0.15) is 0 Å². The van der Waals surface area contributed by atoms with Crippen molar-refractivity contribution in [3.8, 4) is 11.5 Å². The Labute approximate surface area is 163 Å². The minimum absolute atomic E-state index is 0.0466. The monoisotopic (exact) mass is 400 g/mol. The number of benzene rings is 2. The van der Waals surface area contributed by atoms with E-state index in [1.165, 1.54) is 0 Å². The number of nitrogens with zero attached hydrogens (tertiary/aromatic N) is 1. The first kappa shape index (κ1) is 17.4. The van der Waals surface area contributed by atoms with E-state index in [1.807, 2.05) is 6.92 Å². The molecular weight excluding hydrogens is 380 g/mol. The van der Waals surface area contributed by atoms with Gasteiger partial charge in [-0.25, -0.2) is 8.42 Å². The topological polar surface area (TPSA) is 84.9 Å². The smallest absolute Gasteiger partial charge is 0.261 e. The third-order valence-electron chi connectivity index (χ3n) is 5.50. The van der Waals surface area contributed by atoms with E-state index in [9.17, 15) is 13.2 Å². The van der Waals surface area contributed by atoms with Crippen LogP contribution in [0.25, 0.3) is 0 Å². The molecule has 3 aliphatic rings. The molecule has 7 nitrogen and oxygen atoms in total. The highest BCUT2D eigenvalue weighted by molar-refractivity contribution is 7.92. The van der Waals surface area contributed by atoms with Crippen LogP contribution in [-0.4, -0.2) is 34.1 Å². The highest BCUT2D eigenvalue weighted by atomic mass is 32.2. The lowest BCUT2D eigenvalue weighted by Gasteiger charge is -2.26. The Morgan fingerprint density at radius 2 is 1.89 bits per heavy atom. The van der Waals surface area contributed by atoms with Gasteiger partial charge in [0.15, 0.2) is 11.5 Å². The molecule has 0 unspecified atom stereocenters. The van der Waals surface area contributed by atoms with Crippen LogP contribution < -0.4 is 19.1 Å². The number of carbonyl (C=O) groups is 1. The number of aryl methyl sites for hydroxylation is 1. The van der Waals surface area contributed by atoms with E-state index in [0.29, 0.717) is 36.9 Å². The molecule has 0 saturated heterocycles. The summed E-state index contributed by atoms with van der Waals surface area (Å²) >= 11 is 0. The first-order valence-corrected chi connectivity index (χ1v) is 10.8. The maximum Gasteiger partial charge on any atom is 0.261 e. The number of anilines is 2. The average Bonchev–Trinajstić information content (AvgIpc) is 2.94. The zero-order valence-corrected chi connectivity index (χ0v) is 16.2. The number of sulfonamides is 1. The van der Waals surface area contributed by atoms with Crippen LogP contribution in [0.3, 0.4) is 0 Å². The summed E-state index contributed by atoms with van der Waals surface area (Å²) in [5.41, 5.74) is 3.03. The molecule has 0 spiro atoms. The van der Waals surface area contributed by atoms with Crippen LogP contribution in [-0.2, 0) is 21.2 Å². The quantitative estimate of drug-likeness (QED) is 0.856. The largest absolute Gasteiger partial charge is 0.486 e. The molecule has 28 heavy (non-hydrogen) atoms. The molecule has 3 aliphatic heterocycles. The lowest BCUT2D eigenvalue weighted by molar-refractivity contribution is -0.119. The first-order valence-electron chi connectivity index (χ1n) is 9.35. The Morgan fingerprint density at radius 3 is 2.71 bits per heavy atom. The molecule has 0 fully saturated rings. The van der Waals surface area contributed by atoms with E-state index in [0.717, 1.165) is 29.7 Å². The van der Waals surface area contributed by atoms with Crippen LogP contribution in [0.4, 0.5) is 11.4 Å². The van der Waals surface area contributed by atoms with Crippen molar-refractivity contribution >= 4 is 27.3 Å². The second kappa shape index (κ2) is 6.13. The van der Waals surface area contributed by atoms with Gasteiger partial charge in [-0.15, -0.1) is 0 Å². The molecule has 0 bridgehead atoms. The minimum Gasteiger partial charge on any atom is -0.486 e. The number of amides is 1. The molecule has 0 radical (unpaired) electrons. The lowest BCUT2D eigenvalue weighted by atomic mass is 9.97. The molecule has 0 aromatic heterocycles. The summed E-state index contributed by atoms with van der Waals surface area (Å²) in [4.78, 5) is 14.5. The van der Waals surface area contributed by atoms with Crippen LogP contribution in [0.15, 0.2) is 35.2 Å². The summed E-state index contributed by atoms with van der Waals surface area (Å²) in [7, 11) is -3.80. The van der Waals surface area contributed by atoms with Crippen LogP contribution in [0, 0.1) is 0 Å². The normalized spacial score (nSPS) is 20.1. The fraction of sp³-hybridized carbons (Fsp3) is 0.350. The number of hydrogen-bond acceptors (Lipinski definition) is 5. The lowest BCUT2D eigenvalue weighted by Crippen LogP contribution is -2.32. The average molecular weight is 400 g/mol. The maximum atomic E-state index is 13.0. The van der Waals surface area contributed by atoms with E-state index in [-0.39, 0.29) is 16.7 Å². The molecule has 1 N–H and O–H groups in total. The molecule has 2 aromatic rings. The highest BCUT2D eigenvalue weighted by Gasteiger charge is 2.38. The predicted octanol–water partition coefficient (Wildman–Crippen LogP) is 2.65. The van der Waals surface area contributed by atoms with Crippen molar-refractivity contribution < 1.29 is 22.7 Å². The van der Waals surface area contributed by atoms with Gasteiger partial charge in [0.25, 0.3) is 10.0 Å². The Kier molecular flexibility index (Phi) is 3.80. The summed E-state index contributed by atoms with van der Waals surface area (Å²) in [5, 5.41) is 0. The van der Waals surface area contributed by atoms with Gasteiger partial charge < -0.3 is 14.4 Å². The van der Waals surface area contributed by atoms with E-state index in [4.69, 9.17) is 9.47 Å². The molecule has 1 amide bonds. The van der Waals surface area contributed by atoms with Gasteiger partial charge in [0.2, 0.25) is 5.91 Å². The van der Waals surface area contributed by atoms with Gasteiger partial charge in [-0.1, -0.05) is 0 Å². The second-order valence-electron chi connectivity index (χ2n) is 7.30. The molecule has 5 rings (SSSR count). The van der Waals surface area contributed by atoms with Crippen molar-refractivity contribution in [2.75, 3.05) is 29.4 Å². The van der Waals surface area contributed by atoms with Crippen molar-refractivity contribution in [1.29, 1.82) is 0 Å². The SMILES string of the molecule is C[C@H]1C(=O)N2CCCc3cc(S(=O)(=O)Nc4ccc5c(c4)OCCO5)cc1c32. The van der Waals surface area contributed by atoms with E-state index in [2.05, 4.69) is 4.72 Å². The third kappa shape index (κ3) is 2.63. The summed E-state index contributed by atoms with van der Waals surface area (Å²) in [6, 6.07) is 8.29.